The molecule has 3 aromatic rings. The summed E-state index contributed by atoms with van der Waals surface area (Å²) in [5.41, 5.74) is 3.19. The van der Waals surface area contributed by atoms with E-state index < -0.39 is 0 Å². The van der Waals surface area contributed by atoms with Crippen LogP contribution in [-0.4, -0.2) is 50.7 Å². The topological polar surface area (TPSA) is 68.2 Å². The molecule has 0 aliphatic carbocycles. The Hall–Kier alpha value is -3.01. The molecule has 1 heterocycles. The summed E-state index contributed by atoms with van der Waals surface area (Å²) >= 11 is 0. The second-order valence-electron chi connectivity index (χ2n) is 7.52. The minimum atomic E-state index is 0. The van der Waals surface area contributed by atoms with Crippen LogP contribution >= 0.6 is 24.0 Å². The molecule has 8 heteroatoms. The number of nitrogens with zero attached hydrogens (tertiary/aromatic N) is 3. The van der Waals surface area contributed by atoms with Gasteiger partial charge in [0, 0.05) is 33.4 Å². The Kier molecular flexibility index (Phi) is 11.5. The predicted octanol–water partition coefficient (Wildman–Crippen LogP) is 4.55. The minimum absolute atomic E-state index is 0. The predicted molar refractivity (Wildman–Crippen MR) is 147 cm³/mol. The SMILES string of the molecule is CN=C(NCc1cccc(OCc2ccccn2)c1)N(C)CCc1ccc(OC)c(OC)c1.I. The first-order valence-electron chi connectivity index (χ1n) is 10.9. The summed E-state index contributed by atoms with van der Waals surface area (Å²) in [7, 11) is 7.12. The number of pyridine rings is 1. The summed E-state index contributed by atoms with van der Waals surface area (Å²) in [6, 6.07) is 19.9. The standard InChI is InChI=1S/C26H32N4O3.HI/c1-27-26(30(2)15-13-20-11-12-24(31-3)25(17-20)32-4)29-18-21-8-7-10-23(16-21)33-19-22-9-5-6-14-28-22;/h5-12,14,16-17H,13,15,18-19H2,1-4H3,(H,27,29);1H. The van der Waals surface area contributed by atoms with Gasteiger partial charge in [0.15, 0.2) is 17.5 Å². The number of rotatable bonds is 10. The monoisotopic (exact) mass is 576 g/mol. The molecular formula is C26H33IN4O3. The third kappa shape index (κ3) is 8.09. The van der Waals surface area contributed by atoms with Crippen molar-refractivity contribution in [1.29, 1.82) is 0 Å². The van der Waals surface area contributed by atoms with Crippen LogP contribution in [0.5, 0.6) is 17.2 Å². The highest BCUT2D eigenvalue weighted by Crippen LogP contribution is 2.27. The Morgan fingerprint density at radius 1 is 0.971 bits per heavy atom. The van der Waals surface area contributed by atoms with Crippen molar-refractivity contribution in [3.63, 3.8) is 0 Å². The fourth-order valence-electron chi connectivity index (χ4n) is 3.39. The molecule has 3 rings (SSSR count). The minimum Gasteiger partial charge on any atom is -0.493 e. The molecule has 7 nitrogen and oxygen atoms in total. The van der Waals surface area contributed by atoms with Crippen LogP contribution in [0.3, 0.4) is 0 Å². The summed E-state index contributed by atoms with van der Waals surface area (Å²) in [4.78, 5) is 10.8. The van der Waals surface area contributed by atoms with Gasteiger partial charge in [0.2, 0.25) is 0 Å². The van der Waals surface area contributed by atoms with Gasteiger partial charge in [-0.1, -0.05) is 24.3 Å². The largest absolute Gasteiger partial charge is 0.493 e. The summed E-state index contributed by atoms with van der Waals surface area (Å²) < 4.78 is 16.6. The van der Waals surface area contributed by atoms with E-state index in [1.807, 2.05) is 55.6 Å². The van der Waals surface area contributed by atoms with Crippen LogP contribution in [0.15, 0.2) is 71.9 Å². The maximum absolute atomic E-state index is 5.89. The molecule has 2 aromatic carbocycles. The van der Waals surface area contributed by atoms with Crippen LogP contribution in [0, 0.1) is 0 Å². The first-order valence-corrected chi connectivity index (χ1v) is 10.9. The van der Waals surface area contributed by atoms with Crippen molar-refractivity contribution in [2.75, 3.05) is 34.9 Å². The van der Waals surface area contributed by atoms with Crippen LogP contribution < -0.4 is 19.5 Å². The van der Waals surface area contributed by atoms with E-state index in [0.29, 0.717) is 13.2 Å². The zero-order valence-electron chi connectivity index (χ0n) is 20.2. The molecule has 0 fully saturated rings. The van der Waals surface area contributed by atoms with E-state index in [-0.39, 0.29) is 24.0 Å². The summed E-state index contributed by atoms with van der Waals surface area (Å²) in [6.07, 6.45) is 2.63. The number of benzene rings is 2. The van der Waals surface area contributed by atoms with Crippen LogP contribution in [-0.2, 0) is 19.6 Å². The number of aliphatic imine (C=N–C) groups is 1. The molecule has 1 N–H and O–H groups in total. The van der Waals surface area contributed by atoms with Crippen molar-refractivity contribution >= 4 is 29.9 Å². The van der Waals surface area contributed by atoms with Crippen molar-refractivity contribution in [1.82, 2.24) is 15.2 Å². The third-order valence-corrected chi connectivity index (χ3v) is 5.22. The van der Waals surface area contributed by atoms with Gasteiger partial charge in [-0.15, -0.1) is 24.0 Å². The number of nitrogens with one attached hydrogen (secondary N) is 1. The van der Waals surface area contributed by atoms with Crippen LogP contribution in [0.25, 0.3) is 0 Å². The first-order chi connectivity index (χ1) is 16.1. The van der Waals surface area contributed by atoms with Crippen molar-refractivity contribution in [2.24, 2.45) is 4.99 Å². The van der Waals surface area contributed by atoms with E-state index in [4.69, 9.17) is 14.2 Å². The lowest BCUT2D eigenvalue weighted by Gasteiger charge is -2.22. The van der Waals surface area contributed by atoms with E-state index >= 15 is 0 Å². The molecule has 0 unspecified atom stereocenters. The Morgan fingerprint density at radius 3 is 2.50 bits per heavy atom. The number of aromatic nitrogens is 1. The summed E-state index contributed by atoms with van der Waals surface area (Å²) in [6.45, 7) is 1.90. The van der Waals surface area contributed by atoms with Gasteiger partial charge in [0.25, 0.3) is 0 Å². The molecule has 0 aliphatic heterocycles. The third-order valence-electron chi connectivity index (χ3n) is 5.22. The molecule has 0 radical (unpaired) electrons. The molecule has 182 valence electrons. The molecule has 0 saturated heterocycles. The maximum Gasteiger partial charge on any atom is 0.193 e. The molecule has 0 amide bonds. The van der Waals surface area contributed by atoms with Gasteiger partial charge in [0.1, 0.15) is 12.4 Å². The average molecular weight is 576 g/mol. The van der Waals surface area contributed by atoms with Crippen LogP contribution in [0.4, 0.5) is 0 Å². The van der Waals surface area contributed by atoms with Crippen LogP contribution in [0.2, 0.25) is 0 Å². The quantitative estimate of drug-likeness (QED) is 0.217. The zero-order chi connectivity index (χ0) is 23.5. The lowest BCUT2D eigenvalue weighted by molar-refractivity contribution is 0.301. The van der Waals surface area contributed by atoms with Gasteiger partial charge in [-0.25, -0.2) is 0 Å². The second-order valence-corrected chi connectivity index (χ2v) is 7.52. The molecule has 34 heavy (non-hydrogen) atoms. The van der Waals surface area contributed by atoms with Crippen molar-refractivity contribution < 1.29 is 14.2 Å². The summed E-state index contributed by atoms with van der Waals surface area (Å²) in [5.74, 6) is 3.12. The Bertz CT molecular complexity index is 1050. The van der Waals surface area contributed by atoms with Crippen molar-refractivity contribution in [2.45, 2.75) is 19.6 Å². The van der Waals surface area contributed by atoms with Crippen LogP contribution in [0.1, 0.15) is 16.8 Å². The molecule has 0 spiro atoms. The maximum atomic E-state index is 5.89. The number of halogens is 1. The lowest BCUT2D eigenvalue weighted by atomic mass is 10.1. The highest BCUT2D eigenvalue weighted by Gasteiger charge is 2.09. The number of likely N-dealkylation sites (N-methyl/N-ethyl adjacent to an activating group) is 1. The zero-order valence-corrected chi connectivity index (χ0v) is 22.5. The Balaban J connectivity index is 0.00000408. The second kappa shape index (κ2) is 14.3. The van der Waals surface area contributed by atoms with Gasteiger partial charge in [-0.2, -0.15) is 0 Å². The van der Waals surface area contributed by atoms with E-state index in [2.05, 4.69) is 32.3 Å². The Labute approximate surface area is 219 Å². The fourth-order valence-corrected chi connectivity index (χ4v) is 3.39. The fraction of sp³-hybridized carbons (Fsp3) is 0.308. The van der Waals surface area contributed by atoms with Gasteiger partial charge in [-0.05, 0) is 53.9 Å². The number of hydrogen-bond donors (Lipinski definition) is 1. The highest BCUT2D eigenvalue weighted by atomic mass is 127. The molecule has 0 aliphatic rings. The van der Waals surface area contributed by atoms with Gasteiger partial charge < -0.3 is 24.4 Å². The van der Waals surface area contributed by atoms with E-state index in [9.17, 15) is 0 Å². The van der Waals surface area contributed by atoms with Crippen molar-refractivity contribution in [3.8, 4) is 17.2 Å². The first kappa shape index (κ1) is 27.2. The summed E-state index contributed by atoms with van der Waals surface area (Å²) in [5, 5.41) is 3.43. The molecule has 1 aromatic heterocycles. The van der Waals surface area contributed by atoms with Gasteiger partial charge in [-0.3, -0.25) is 9.98 Å². The average Bonchev–Trinajstić information content (AvgIpc) is 2.87. The normalized spacial score (nSPS) is 10.8. The number of hydrogen-bond acceptors (Lipinski definition) is 5. The molecule has 0 atom stereocenters. The van der Waals surface area contributed by atoms with Crippen molar-refractivity contribution in [3.05, 3.63) is 83.7 Å². The van der Waals surface area contributed by atoms with E-state index in [0.717, 1.165) is 47.4 Å². The molecule has 0 bridgehead atoms. The van der Waals surface area contributed by atoms with Gasteiger partial charge >= 0.3 is 0 Å². The smallest absolute Gasteiger partial charge is 0.193 e. The van der Waals surface area contributed by atoms with E-state index in [1.54, 1.807) is 27.5 Å². The lowest BCUT2D eigenvalue weighted by Crippen LogP contribution is -2.39. The number of ether oxygens (including phenoxy) is 3. The molecule has 0 saturated carbocycles. The number of methoxy groups -OCH3 is 2. The number of guanidine groups is 1. The van der Waals surface area contributed by atoms with E-state index in [1.165, 1.54) is 5.56 Å². The Morgan fingerprint density at radius 2 is 1.79 bits per heavy atom. The highest BCUT2D eigenvalue weighted by molar-refractivity contribution is 14.0. The molecular weight excluding hydrogens is 543 g/mol. The van der Waals surface area contributed by atoms with Gasteiger partial charge in [0.05, 0.1) is 19.9 Å².